The molecule has 0 bridgehead atoms. The molecule has 0 aliphatic carbocycles. The van der Waals surface area contributed by atoms with Gasteiger partial charge in [0.15, 0.2) is 0 Å². The van der Waals surface area contributed by atoms with E-state index in [1.807, 2.05) is 19.1 Å². The molecule has 0 saturated carbocycles. The molecule has 0 aliphatic heterocycles. The molecule has 1 unspecified atom stereocenters. The lowest BCUT2D eigenvalue weighted by atomic mass is 10.0. The van der Waals surface area contributed by atoms with Gasteiger partial charge in [0, 0.05) is 6.04 Å². The Labute approximate surface area is 125 Å². The summed E-state index contributed by atoms with van der Waals surface area (Å²) >= 11 is 0. The van der Waals surface area contributed by atoms with Gasteiger partial charge < -0.3 is 14.5 Å². The first-order chi connectivity index (χ1) is 10.0. The lowest BCUT2D eigenvalue weighted by Gasteiger charge is -2.20. The SMILES string of the molecule is COC(=O)c1ccc(C(C)N[C@H](C)c2ccccc2C)o1. The average Bonchev–Trinajstić information content (AvgIpc) is 2.96. The molecule has 4 nitrogen and oxygen atoms in total. The van der Waals surface area contributed by atoms with Crippen LogP contribution in [0.1, 0.15) is 53.4 Å². The van der Waals surface area contributed by atoms with Crippen LogP contribution in [0.4, 0.5) is 0 Å². The quantitative estimate of drug-likeness (QED) is 0.850. The third-order valence-corrected chi connectivity index (χ3v) is 3.60. The smallest absolute Gasteiger partial charge is 0.373 e. The summed E-state index contributed by atoms with van der Waals surface area (Å²) in [5, 5.41) is 3.48. The van der Waals surface area contributed by atoms with E-state index in [1.54, 1.807) is 12.1 Å². The van der Waals surface area contributed by atoms with Crippen molar-refractivity contribution in [3.8, 4) is 0 Å². The van der Waals surface area contributed by atoms with Crippen molar-refractivity contribution in [1.82, 2.24) is 5.32 Å². The zero-order valence-corrected chi connectivity index (χ0v) is 12.8. The van der Waals surface area contributed by atoms with E-state index in [1.165, 1.54) is 18.2 Å². The molecule has 2 aromatic rings. The Kier molecular flexibility index (Phi) is 4.81. The molecule has 4 heteroatoms. The van der Waals surface area contributed by atoms with Crippen molar-refractivity contribution in [3.63, 3.8) is 0 Å². The molecular formula is C17H21NO3. The van der Waals surface area contributed by atoms with Crippen LogP contribution >= 0.6 is 0 Å². The molecule has 1 aromatic heterocycles. The van der Waals surface area contributed by atoms with E-state index in [0.29, 0.717) is 0 Å². The van der Waals surface area contributed by atoms with Crippen molar-refractivity contribution in [2.75, 3.05) is 7.11 Å². The van der Waals surface area contributed by atoms with E-state index in [-0.39, 0.29) is 17.8 Å². The summed E-state index contributed by atoms with van der Waals surface area (Å²) < 4.78 is 10.2. The van der Waals surface area contributed by atoms with Crippen molar-refractivity contribution in [3.05, 3.63) is 59.0 Å². The first-order valence-electron chi connectivity index (χ1n) is 7.02. The van der Waals surface area contributed by atoms with E-state index in [2.05, 4.69) is 36.0 Å². The van der Waals surface area contributed by atoms with Gasteiger partial charge in [0.1, 0.15) is 5.76 Å². The maximum absolute atomic E-state index is 11.4. The Morgan fingerprint density at radius 3 is 2.52 bits per heavy atom. The van der Waals surface area contributed by atoms with Crippen molar-refractivity contribution in [2.45, 2.75) is 32.9 Å². The highest BCUT2D eigenvalue weighted by molar-refractivity contribution is 5.86. The van der Waals surface area contributed by atoms with Gasteiger partial charge >= 0.3 is 5.97 Å². The summed E-state index contributed by atoms with van der Waals surface area (Å²) in [7, 11) is 1.34. The minimum atomic E-state index is -0.458. The van der Waals surface area contributed by atoms with Crippen molar-refractivity contribution in [2.24, 2.45) is 0 Å². The third-order valence-electron chi connectivity index (χ3n) is 3.60. The number of aryl methyl sites for hydroxylation is 1. The van der Waals surface area contributed by atoms with Crippen LogP contribution in [-0.2, 0) is 4.74 Å². The lowest BCUT2D eigenvalue weighted by molar-refractivity contribution is 0.0562. The van der Waals surface area contributed by atoms with Gasteiger partial charge in [-0.2, -0.15) is 0 Å². The number of hydrogen-bond donors (Lipinski definition) is 1. The number of rotatable bonds is 5. The van der Waals surface area contributed by atoms with Gasteiger partial charge in [0.05, 0.1) is 13.2 Å². The zero-order valence-electron chi connectivity index (χ0n) is 12.8. The fourth-order valence-electron chi connectivity index (χ4n) is 2.42. The van der Waals surface area contributed by atoms with Crippen molar-refractivity contribution in [1.29, 1.82) is 0 Å². The predicted molar refractivity (Wildman–Crippen MR) is 81.2 cm³/mol. The molecule has 112 valence electrons. The Hall–Kier alpha value is -2.07. The first-order valence-corrected chi connectivity index (χ1v) is 7.02. The summed E-state index contributed by atoms with van der Waals surface area (Å²) in [6.45, 7) is 6.22. The molecule has 0 amide bonds. The first kappa shape index (κ1) is 15.3. The van der Waals surface area contributed by atoms with Gasteiger partial charge in [-0.1, -0.05) is 24.3 Å². The van der Waals surface area contributed by atoms with Crippen molar-refractivity contribution >= 4 is 5.97 Å². The second kappa shape index (κ2) is 6.59. The highest BCUT2D eigenvalue weighted by Gasteiger charge is 2.17. The van der Waals surface area contributed by atoms with Gasteiger partial charge in [0.2, 0.25) is 5.76 Å². The number of furan rings is 1. The molecule has 1 N–H and O–H groups in total. The van der Waals surface area contributed by atoms with Crippen LogP contribution < -0.4 is 5.32 Å². The Morgan fingerprint density at radius 1 is 1.14 bits per heavy atom. The van der Waals surface area contributed by atoms with Gasteiger partial charge in [0.25, 0.3) is 0 Å². The largest absolute Gasteiger partial charge is 0.463 e. The molecule has 0 radical (unpaired) electrons. The van der Waals surface area contributed by atoms with Gasteiger partial charge in [-0.25, -0.2) is 4.79 Å². The summed E-state index contributed by atoms with van der Waals surface area (Å²) in [5.74, 6) is 0.487. The molecular weight excluding hydrogens is 266 g/mol. The number of nitrogens with one attached hydrogen (secondary N) is 1. The summed E-state index contributed by atoms with van der Waals surface area (Å²) in [6.07, 6.45) is 0. The predicted octanol–water partition coefficient (Wildman–Crippen LogP) is 3.79. The maximum atomic E-state index is 11.4. The summed E-state index contributed by atoms with van der Waals surface area (Å²) in [5.41, 5.74) is 2.50. The highest BCUT2D eigenvalue weighted by Crippen LogP contribution is 2.23. The van der Waals surface area contributed by atoms with Gasteiger partial charge in [-0.3, -0.25) is 0 Å². The second-order valence-corrected chi connectivity index (χ2v) is 5.16. The fourth-order valence-corrected chi connectivity index (χ4v) is 2.42. The highest BCUT2D eigenvalue weighted by atomic mass is 16.5. The van der Waals surface area contributed by atoms with Crippen LogP contribution in [0, 0.1) is 6.92 Å². The van der Waals surface area contributed by atoms with Crippen LogP contribution in [0.15, 0.2) is 40.8 Å². The normalized spacial score (nSPS) is 13.7. The standard InChI is InChI=1S/C17H21NO3/c1-11-7-5-6-8-14(11)12(2)18-13(3)15-9-10-16(21-15)17(19)20-4/h5-10,12-13,18H,1-4H3/t12-,13?/m1/s1. The number of benzene rings is 1. The molecule has 0 saturated heterocycles. The monoisotopic (exact) mass is 287 g/mol. The fraction of sp³-hybridized carbons (Fsp3) is 0.353. The number of esters is 1. The number of carbonyl (C=O) groups excluding carboxylic acids is 1. The number of carbonyl (C=O) groups is 1. The Morgan fingerprint density at radius 2 is 1.86 bits per heavy atom. The Balaban J connectivity index is 2.07. The maximum Gasteiger partial charge on any atom is 0.373 e. The zero-order chi connectivity index (χ0) is 15.4. The molecule has 0 fully saturated rings. The molecule has 21 heavy (non-hydrogen) atoms. The van der Waals surface area contributed by atoms with E-state index in [0.717, 1.165) is 5.76 Å². The molecule has 2 rings (SSSR count). The van der Waals surface area contributed by atoms with E-state index >= 15 is 0 Å². The number of ether oxygens (including phenoxy) is 1. The van der Waals surface area contributed by atoms with Crippen LogP contribution in [0.5, 0.6) is 0 Å². The van der Waals surface area contributed by atoms with Gasteiger partial charge in [-0.05, 0) is 44.0 Å². The molecule has 0 aliphatic rings. The van der Waals surface area contributed by atoms with E-state index in [9.17, 15) is 4.79 Å². The van der Waals surface area contributed by atoms with Crippen LogP contribution in [0.25, 0.3) is 0 Å². The average molecular weight is 287 g/mol. The van der Waals surface area contributed by atoms with Gasteiger partial charge in [-0.15, -0.1) is 0 Å². The minimum Gasteiger partial charge on any atom is -0.463 e. The number of methoxy groups -OCH3 is 1. The van der Waals surface area contributed by atoms with E-state index < -0.39 is 5.97 Å². The number of hydrogen-bond acceptors (Lipinski definition) is 4. The molecule has 1 aromatic carbocycles. The van der Waals surface area contributed by atoms with Crippen LogP contribution in [0.2, 0.25) is 0 Å². The summed E-state index contributed by atoms with van der Waals surface area (Å²) in [6, 6.07) is 11.9. The van der Waals surface area contributed by atoms with E-state index in [4.69, 9.17) is 4.42 Å². The molecule has 0 spiro atoms. The lowest BCUT2D eigenvalue weighted by Crippen LogP contribution is -2.22. The topological polar surface area (TPSA) is 51.5 Å². The van der Waals surface area contributed by atoms with Crippen LogP contribution in [0.3, 0.4) is 0 Å². The van der Waals surface area contributed by atoms with Crippen LogP contribution in [-0.4, -0.2) is 13.1 Å². The molecule has 1 heterocycles. The third kappa shape index (κ3) is 3.52. The summed E-state index contributed by atoms with van der Waals surface area (Å²) in [4.78, 5) is 11.4. The molecule has 2 atom stereocenters. The minimum absolute atomic E-state index is 0.00184. The second-order valence-electron chi connectivity index (χ2n) is 5.16. The Bertz CT molecular complexity index is 618. The van der Waals surface area contributed by atoms with Crippen molar-refractivity contribution < 1.29 is 13.9 Å².